The Bertz CT molecular complexity index is 1880. The van der Waals surface area contributed by atoms with E-state index in [2.05, 4.69) is 10.2 Å². The third kappa shape index (κ3) is 4.42. The van der Waals surface area contributed by atoms with Crippen LogP contribution in [-0.4, -0.2) is 21.5 Å². The van der Waals surface area contributed by atoms with Gasteiger partial charge in [0.1, 0.15) is 0 Å². The van der Waals surface area contributed by atoms with Gasteiger partial charge in [0.2, 0.25) is 0 Å². The largest absolute Gasteiger partial charge is 0.416 e. The molecule has 0 saturated heterocycles. The highest BCUT2D eigenvalue weighted by Gasteiger charge is 2.41. The number of amidine groups is 2. The van der Waals surface area contributed by atoms with E-state index in [1.165, 1.54) is 6.07 Å². The molecule has 0 fully saturated rings. The van der Waals surface area contributed by atoms with E-state index in [9.17, 15) is 13.2 Å². The van der Waals surface area contributed by atoms with Gasteiger partial charge in [0.05, 0.1) is 34.4 Å². The minimum Gasteiger partial charge on any atom is -0.337 e. The second kappa shape index (κ2) is 9.88. The second-order valence-electron chi connectivity index (χ2n) is 9.98. The average Bonchev–Trinajstić information content (AvgIpc) is 3.33. The van der Waals surface area contributed by atoms with Crippen LogP contribution in [0.15, 0.2) is 113 Å². The number of alkyl halides is 3. The number of anilines is 2. The highest BCUT2D eigenvalue weighted by molar-refractivity contribution is 6.51. The monoisotopic (exact) mass is 582 g/mol. The van der Waals surface area contributed by atoms with Crippen LogP contribution in [0.25, 0.3) is 5.69 Å². The van der Waals surface area contributed by atoms with E-state index < -0.39 is 11.7 Å². The van der Waals surface area contributed by atoms with E-state index in [0.29, 0.717) is 28.2 Å². The average molecular weight is 583 g/mol. The van der Waals surface area contributed by atoms with Gasteiger partial charge in [-0.15, -0.1) is 0 Å². The summed E-state index contributed by atoms with van der Waals surface area (Å²) in [5.41, 5.74) is 4.42. The van der Waals surface area contributed by atoms with E-state index in [1.807, 2.05) is 85.8 Å². The van der Waals surface area contributed by atoms with Gasteiger partial charge in [0.25, 0.3) is 0 Å². The Labute approximate surface area is 244 Å². The molecule has 42 heavy (non-hydrogen) atoms. The zero-order valence-electron chi connectivity index (χ0n) is 22.1. The fourth-order valence-electron chi connectivity index (χ4n) is 5.42. The number of nitrogens with one attached hydrogen (secondary N) is 1. The molecule has 1 N–H and O–H groups in total. The molecule has 0 saturated carbocycles. The Morgan fingerprint density at radius 2 is 1.57 bits per heavy atom. The Kier molecular flexibility index (Phi) is 6.13. The molecule has 1 aromatic heterocycles. The molecule has 0 amide bonds. The van der Waals surface area contributed by atoms with Gasteiger partial charge in [-0.25, -0.2) is 14.7 Å². The maximum absolute atomic E-state index is 13.5. The maximum atomic E-state index is 13.5. The summed E-state index contributed by atoms with van der Waals surface area (Å²) in [7, 11) is 0. The molecule has 0 bridgehead atoms. The summed E-state index contributed by atoms with van der Waals surface area (Å²) in [4.78, 5) is 12.0. The van der Waals surface area contributed by atoms with Gasteiger partial charge in [0, 0.05) is 16.3 Å². The number of nitrogens with zero attached hydrogens (tertiary/aromatic N) is 5. The van der Waals surface area contributed by atoms with Gasteiger partial charge in [0.15, 0.2) is 17.5 Å². The van der Waals surface area contributed by atoms with Crippen molar-refractivity contribution in [1.82, 2.24) is 9.78 Å². The normalized spacial score (nSPS) is 15.7. The Morgan fingerprint density at radius 1 is 0.833 bits per heavy atom. The van der Waals surface area contributed by atoms with Crippen LogP contribution in [0, 0.1) is 6.92 Å². The molecule has 4 aromatic carbocycles. The molecule has 0 aliphatic carbocycles. The van der Waals surface area contributed by atoms with Crippen molar-refractivity contribution in [2.24, 2.45) is 9.98 Å². The van der Waals surface area contributed by atoms with E-state index in [1.54, 1.807) is 10.7 Å². The molecular weight excluding hydrogens is 561 g/mol. The molecule has 7 rings (SSSR count). The van der Waals surface area contributed by atoms with Gasteiger partial charge < -0.3 is 10.2 Å². The molecule has 3 heterocycles. The molecule has 5 aromatic rings. The van der Waals surface area contributed by atoms with E-state index >= 15 is 0 Å². The fourth-order valence-corrected chi connectivity index (χ4v) is 5.54. The number of rotatable bonds is 3. The standard InChI is InChI=1S/C32H22ClF3N6/c1-19-27-28(20-14-16-22(33)17-15-20)41-26-13-6-5-12-25(26)38-29(37-23-9-7-8-21(18-23)32(34,35)36)31(41)39-30(27)42(40-19)24-10-3-2-4-11-24/h2-18,28H,1H3,(H,37,38)/t28-/m0/s1. The SMILES string of the molecule is Cc1nn(-c2ccccc2)c2c1[C@H](c1ccc(Cl)cc1)N1C(=N2)C(Nc2cccc(C(F)(F)F)c2)=Nc2ccccc21. The van der Waals surface area contributed by atoms with Crippen LogP contribution < -0.4 is 10.2 Å². The minimum atomic E-state index is -4.48. The predicted molar refractivity (Wildman–Crippen MR) is 160 cm³/mol. The first-order valence-corrected chi connectivity index (χ1v) is 13.6. The van der Waals surface area contributed by atoms with Gasteiger partial charge in [-0.05, 0) is 67.1 Å². The third-order valence-corrected chi connectivity index (χ3v) is 7.53. The summed E-state index contributed by atoms with van der Waals surface area (Å²) in [6.07, 6.45) is -4.48. The second-order valence-corrected chi connectivity index (χ2v) is 10.4. The van der Waals surface area contributed by atoms with Crippen molar-refractivity contribution < 1.29 is 13.2 Å². The molecule has 0 spiro atoms. The first-order valence-electron chi connectivity index (χ1n) is 13.2. The van der Waals surface area contributed by atoms with E-state index in [-0.39, 0.29) is 11.7 Å². The van der Waals surface area contributed by atoms with Gasteiger partial charge in [-0.3, -0.25) is 0 Å². The highest BCUT2D eigenvalue weighted by atomic mass is 35.5. The molecule has 10 heteroatoms. The van der Waals surface area contributed by atoms with Crippen LogP contribution >= 0.6 is 11.6 Å². The zero-order valence-corrected chi connectivity index (χ0v) is 22.9. The van der Waals surface area contributed by atoms with Gasteiger partial charge in [-0.1, -0.05) is 60.1 Å². The molecule has 2 aliphatic rings. The summed E-state index contributed by atoms with van der Waals surface area (Å²) in [5.74, 6) is 1.38. The van der Waals surface area contributed by atoms with Crippen molar-refractivity contribution in [1.29, 1.82) is 0 Å². The van der Waals surface area contributed by atoms with Crippen LogP contribution in [0.1, 0.15) is 28.4 Å². The lowest BCUT2D eigenvalue weighted by Gasteiger charge is -2.40. The molecule has 6 nitrogen and oxygen atoms in total. The number of hydrogen-bond donors (Lipinski definition) is 1. The van der Waals surface area contributed by atoms with Crippen LogP contribution in [0.4, 0.5) is 36.1 Å². The van der Waals surface area contributed by atoms with Crippen molar-refractivity contribution in [3.8, 4) is 5.69 Å². The number of aromatic nitrogens is 2. The smallest absolute Gasteiger partial charge is 0.337 e. The lowest BCUT2D eigenvalue weighted by atomic mass is 9.93. The molecule has 2 aliphatic heterocycles. The maximum Gasteiger partial charge on any atom is 0.416 e. The molecule has 0 radical (unpaired) electrons. The van der Waals surface area contributed by atoms with Crippen molar-refractivity contribution in [2.75, 3.05) is 10.2 Å². The lowest BCUT2D eigenvalue weighted by molar-refractivity contribution is -0.137. The van der Waals surface area contributed by atoms with Crippen molar-refractivity contribution >= 4 is 46.2 Å². The van der Waals surface area contributed by atoms with E-state index in [4.69, 9.17) is 26.7 Å². The molecule has 0 unspecified atom stereocenters. The molecule has 1 atom stereocenters. The number of fused-ring (bicyclic) bond motifs is 4. The van der Waals surface area contributed by atoms with Crippen LogP contribution in [0.3, 0.4) is 0 Å². The minimum absolute atomic E-state index is 0.243. The Hall–Kier alpha value is -4.89. The first kappa shape index (κ1) is 26.0. The number of para-hydroxylation sites is 3. The summed E-state index contributed by atoms with van der Waals surface area (Å²) >= 11 is 6.28. The summed E-state index contributed by atoms with van der Waals surface area (Å²) in [6, 6.07) is 29.6. The Balaban J connectivity index is 1.47. The van der Waals surface area contributed by atoms with Gasteiger partial charge in [-0.2, -0.15) is 18.3 Å². The predicted octanol–water partition coefficient (Wildman–Crippen LogP) is 8.65. The van der Waals surface area contributed by atoms with Crippen LogP contribution in [-0.2, 0) is 6.18 Å². The van der Waals surface area contributed by atoms with E-state index in [0.717, 1.165) is 40.3 Å². The summed E-state index contributed by atoms with van der Waals surface area (Å²) in [5, 5.41) is 8.63. The number of aliphatic imine (C=N–C) groups is 2. The highest BCUT2D eigenvalue weighted by Crippen LogP contribution is 2.48. The van der Waals surface area contributed by atoms with Crippen LogP contribution in [0.2, 0.25) is 5.02 Å². The first-order chi connectivity index (χ1) is 20.3. The summed E-state index contributed by atoms with van der Waals surface area (Å²) in [6.45, 7) is 1.95. The Morgan fingerprint density at radius 3 is 2.33 bits per heavy atom. The van der Waals surface area contributed by atoms with Gasteiger partial charge >= 0.3 is 6.18 Å². The quantitative estimate of drug-likeness (QED) is 0.232. The fraction of sp³-hybridized carbons (Fsp3) is 0.0938. The number of aryl methyl sites for hydroxylation is 1. The summed E-state index contributed by atoms with van der Waals surface area (Å²) < 4.78 is 42.4. The molecule has 208 valence electrons. The molecular formula is C32H22ClF3N6. The van der Waals surface area contributed by atoms with Crippen molar-refractivity contribution in [3.63, 3.8) is 0 Å². The number of hydrogen-bond acceptors (Lipinski definition) is 5. The lowest BCUT2D eigenvalue weighted by Crippen LogP contribution is -2.46. The zero-order chi connectivity index (χ0) is 29.0. The van der Waals surface area contributed by atoms with Crippen molar-refractivity contribution in [3.05, 3.63) is 131 Å². The van der Waals surface area contributed by atoms with Crippen molar-refractivity contribution in [2.45, 2.75) is 19.1 Å². The third-order valence-electron chi connectivity index (χ3n) is 7.28. The topological polar surface area (TPSA) is 57.8 Å². The number of halogens is 4. The number of benzene rings is 4. The van der Waals surface area contributed by atoms with Crippen LogP contribution in [0.5, 0.6) is 0 Å².